The SMILES string of the molecule is Cc1cc(O)c(C(C)(C)C)cc1C(C(C)C)C1CC(C(C)(C)C)C(O)CC1C. The van der Waals surface area contributed by atoms with Crippen molar-refractivity contribution in [2.24, 2.45) is 29.1 Å². The number of hydrogen-bond acceptors (Lipinski definition) is 2. The monoisotopic (exact) mass is 388 g/mol. The molecule has 0 spiro atoms. The molecule has 28 heavy (non-hydrogen) atoms. The maximum absolute atomic E-state index is 10.8. The zero-order valence-corrected chi connectivity index (χ0v) is 19.9. The van der Waals surface area contributed by atoms with Crippen LogP contribution in [0.4, 0.5) is 0 Å². The number of rotatable bonds is 3. The van der Waals surface area contributed by atoms with Crippen molar-refractivity contribution in [2.45, 2.75) is 99.5 Å². The van der Waals surface area contributed by atoms with Crippen LogP contribution in [-0.4, -0.2) is 16.3 Å². The molecule has 2 nitrogen and oxygen atoms in total. The molecule has 2 heteroatoms. The standard InChI is InChI=1S/C26H44O2/c1-15(2)24(18-13-20(25(5,6)7)22(27)11-16(18)3)19-14-21(26(8,9)10)23(28)12-17(19)4/h11,13,15,17,19,21,23-24,27-28H,12,14H2,1-10H3. The van der Waals surface area contributed by atoms with E-state index in [1.54, 1.807) is 0 Å². The van der Waals surface area contributed by atoms with Crippen molar-refractivity contribution in [2.75, 3.05) is 0 Å². The largest absolute Gasteiger partial charge is 0.508 e. The average Bonchev–Trinajstić information content (AvgIpc) is 2.48. The predicted octanol–water partition coefficient (Wildman–Crippen LogP) is 6.81. The van der Waals surface area contributed by atoms with E-state index < -0.39 is 0 Å². The number of phenols is 1. The van der Waals surface area contributed by atoms with Gasteiger partial charge in [0, 0.05) is 0 Å². The molecule has 1 fully saturated rings. The molecule has 1 aliphatic rings. The van der Waals surface area contributed by atoms with Crippen LogP contribution < -0.4 is 0 Å². The van der Waals surface area contributed by atoms with E-state index in [-0.39, 0.29) is 16.9 Å². The number of aromatic hydroxyl groups is 1. The van der Waals surface area contributed by atoms with Crippen LogP contribution in [0.5, 0.6) is 5.75 Å². The molecule has 0 heterocycles. The molecule has 0 bridgehead atoms. The summed E-state index contributed by atoms with van der Waals surface area (Å²) >= 11 is 0. The van der Waals surface area contributed by atoms with Gasteiger partial charge < -0.3 is 10.2 Å². The Kier molecular flexibility index (Phi) is 6.66. The zero-order valence-electron chi connectivity index (χ0n) is 19.9. The molecule has 0 amide bonds. The molecule has 1 aliphatic carbocycles. The molecule has 160 valence electrons. The number of benzene rings is 1. The van der Waals surface area contributed by atoms with Crippen LogP contribution in [0.1, 0.15) is 97.8 Å². The zero-order chi connectivity index (χ0) is 21.6. The van der Waals surface area contributed by atoms with E-state index in [9.17, 15) is 10.2 Å². The second-order valence-corrected chi connectivity index (χ2v) is 11.9. The average molecular weight is 389 g/mol. The molecule has 5 atom stereocenters. The fraction of sp³-hybridized carbons (Fsp3) is 0.769. The lowest BCUT2D eigenvalue weighted by atomic mass is 9.59. The normalized spacial score (nSPS) is 27.9. The van der Waals surface area contributed by atoms with Crippen LogP contribution in [0.15, 0.2) is 12.1 Å². The second kappa shape index (κ2) is 8.01. The van der Waals surface area contributed by atoms with Gasteiger partial charge in [0.2, 0.25) is 0 Å². The van der Waals surface area contributed by atoms with Gasteiger partial charge in [-0.2, -0.15) is 0 Å². The molecule has 2 rings (SSSR count). The van der Waals surface area contributed by atoms with Crippen molar-refractivity contribution < 1.29 is 10.2 Å². The molecule has 1 saturated carbocycles. The van der Waals surface area contributed by atoms with Gasteiger partial charge >= 0.3 is 0 Å². The third-order valence-electron chi connectivity index (χ3n) is 7.18. The van der Waals surface area contributed by atoms with E-state index in [0.717, 1.165) is 18.4 Å². The fourth-order valence-electron chi connectivity index (χ4n) is 5.59. The summed E-state index contributed by atoms with van der Waals surface area (Å²) in [6.45, 7) is 22.4. The summed E-state index contributed by atoms with van der Waals surface area (Å²) < 4.78 is 0. The molecule has 1 aromatic rings. The van der Waals surface area contributed by atoms with Crippen molar-refractivity contribution in [1.82, 2.24) is 0 Å². The van der Waals surface area contributed by atoms with Crippen molar-refractivity contribution in [3.8, 4) is 5.75 Å². The summed E-state index contributed by atoms with van der Waals surface area (Å²) in [5.74, 6) is 2.73. The highest BCUT2D eigenvalue weighted by Crippen LogP contribution is 2.51. The van der Waals surface area contributed by atoms with E-state index >= 15 is 0 Å². The molecule has 0 radical (unpaired) electrons. The van der Waals surface area contributed by atoms with Gasteiger partial charge in [-0.25, -0.2) is 0 Å². The smallest absolute Gasteiger partial charge is 0.119 e. The van der Waals surface area contributed by atoms with Gasteiger partial charge in [-0.15, -0.1) is 0 Å². The van der Waals surface area contributed by atoms with Crippen molar-refractivity contribution >= 4 is 0 Å². The summed E-state index contributed by atoms with van der Waals surface area (Å²) in [7, 11) is 0. The summed E-state index contributed by atoms with van der Waals surface area (Å²) in [6.07, 6.45) is 1.75. The van der Waals surface area contributed by atoms with Crippen LogP contribution in [0.2, 0.25) is 0 Å². The Morgan fingerprint density at radius 2 is 1.57 bits per heavy atom. The van der Waals surface area contributed by atoms with E-state index in [1.807, 2.05) is 6.07 Å². The van der Waals surface area contributed by atoms with Crippen LogP contribution in [0, 0.1) is 36.0 Å². The van der Waals surface area contributed by atoms with Gasteiger partial charge in [-0.1, -0.05) is 68.4 Å². The Bertz CT molecular complexity index is 675. The lowest BCUT2D eigenvalue weighted by molar-refractivity contribution is -0.0388. The first kappa shape index (κ1) is 23.3. The third kappa shape index (κ3) is 4.75. The lowest BCUT2D eigenvalue weighted by Crippen LogP contribution is -2.43. The van der Waals surface area contributed by atoms with Gasteiger partial charge in [0.1, 0.15) is 5.75 Å². The predicted molar refractivity (Wildman–Crippen MR) is 120 cm³/mol. The molecule has 0 aliphatic heterocycles. The van der Waals surface area contributed by atoms with Crippen LogP contribution in [-0.2, 0) is 5.41 Å². The van der Waals surface area contributed by atoms with Crippen LogP contribution >= 0.6 is 0 Å². The molecule has 0 aromatic heterocycles. The maximum atomic E-state index is 10.8. The van der Waals surface area contributed by atoms with Crippen LogP contribution in [0.3, 0.4) is 0 Å². The Labute approximate surface area is 173 Å². The molecular weight excluding hydrogens is 344 g/mol. The van der Waals surface area contributed by atoms with Crippen molar-refractivity contribution in [3.63, 3.8) is 0 Å². The molecule has 2 N–H and O–H groups in total. The first-order valence-electron chi connectivity index (χ1n) is 11.2. The van der Waals surface area contributed by atoms with Crippen molar-refractivity contribution in [1.29, 1.82) is 0 Å². The van der Waals surface area contributed by atoms with Gasteiger partial charge in [-0.05, 0) is 82.9 Å². The van der Waals surface area contributed by atoms with Gasteiger partial charge in [0.05, 0.1) is 6.10 Å². The first-order valence-corrected chi connectivity index (χ1v) is 11.2. The number of aliphatic hydroxyl groups excluding tert-OH is 1. The van der Waals surface area contributed by atoms with Gasteiger partial charge in [0.25, 0.3) is 0 Å². The number of phenolic OH excluding ortho intramolecular Hbond substituents is 1. The number of aryl methyl sites for hydroxylation is 1. The minimum absolute atomic E-state index is 0.0869. The first-order chi connectivity index (χ1) is 12.6. The van der Waals surface area contributed by atoms with E-state index in [1.165, 1.54) is 11.1 Å². The quantitative estimate of drug-likeness (QED) is 0.597. The van der Waals surface area contributed by atoms with E-state index in [0.29, 0.717) is 35.3 Å². The topological polar surface area (TPSA) is 40.5 Å². The van der Waals surface area contributed by atoms with Gasteiger partial charge in [0.15, 0.2) is 0 Å². The summed E-state index contributed by atoms with van der Waals surface area (Å²) in [4.78, 5) is 0. The minimum Gasteiger partial charge on any atom is -0.508 e. The molecular formula is C26H44O2. The molecule has 5 unspecified atom stereocenters. The Morgan fingerprint density at radius 3 is 2.04 bits per heavy atom. The van der Waals surface area contributed by atoms with E-state index in [2.05, 4.69) is 75.3 Å². The number of hydrogen-bond donors (Lipinski definition) is 2. The lowest BCUT2D eigenvalue weighted by Gasteiger charge is -2.48. The van der Waals surface area contributed by atoms with Gasteiger partial charge in [-0.3, -0.25) is 0 Å². The highest BCUT2D eigenvalue weighted by Gasteiger charge is 2.44. The van der Waals surface area contributed by atoms with Crippen LogP contribution in [0.25, 0.3) is 0 Å². The summed E-state index contributed by atoms with van der Waals surface area (Å²) in [6, 6.07) is 4.24. The third-order valence-corrected chi connectivity index (χ3v) is 7.18. The Hall–Kier alpha value is -1.02. The molecule has 1 aromatic carbocycles. The molecule has 0 saturated heterocycles. The highest BCUT2D eigenvalue weighted by atomic mass is 16.3. The summed E-state index contributed by atoms with van der Waals surface area (Å²) in [5, 5.41) is 21.4. The minimum atomic E-state index is -0.204. The van der Waals surface area contributed by atoms with E-state index in [4.69, 9.17) is 0 Å². The fourth-order valence-corrected chi connectivity index (χ4v) is 5.59. The summed E-state index contributed by atoms with van der Waals surface area (Å²) in [5.41, 5.74) is 3.64. The highest BCUT2D eigenvalue weighted by molar-refractivity contribution is 5.46. The second-order valence-electron chi connectivity index (χ2n) is 11.9. The Morgan fingerprint density at radius 1 is 1.00 bits per heavy atom. The van der Waals surface area contributed by atoms with Crippen molar-refractivity contribution in [3.05, 3.63) is 28.8 Å². The maximum Gasteiger partial charge on any atom is 0.119 e. The Balaban J connectivity index is 2.54. The number of aliphatic hydroxyl groups is 1.